The summed E-state index contributed by atoms with van der Waals surface area (Å²) in [7, 11) is -2.27. The maximum absolute atomic E-state index is 13.8. The van der Waals surface area contributed by atoms with Crippen LogP contribution in [0, 0.1) is 11.6 Å². The standard InChI is InChI=1S/C22H17F2N3O2S/c1-25-30(28,29)21-8-3-2-5-15(21)14-9-11-19-20(13-14)27-22(26-19)12-10-16-17(23)6-4-7-18(16)24/h2-13,25H,1H3,(H,26,27)/b12-10+. The number of fused-ring (bicyclic) bond motifs is 1. The lowest BCUT2D eigenvalue weighted by Crippen LogP contribution is -2.19. The zero-order valence-electron chi connectivity index (χ0n) is 15.9. The zero-order valence-corrected chi connectivity index (χ0v) is 16.7. The van der Waals surface area contributed by atoms with Crippen LogP contribution in [0.2, 0.25) is 0 Å². The van der Waals surface area contributed by atoms with Gasteiger partial charge < -0.3 is 4.98 Å². The molecule has 0 radical (unpaired) electrons. The van der Waals surface area contributed by atoms with Crippen LogP contribution in [0.5, 0.6) is 0 Å². The molecular weight excluding hydrogens is 408 g/mol. The van der Waals surface area contributed by atoms with E-state index in [-0.39, 0.29) is 10.5 Å². The molecule has 3 aromatic carbocycles. The SMILES string of the molecule is CNS(=O)(=O)c1ccccc1-c1ccc2nc(/C=C/c3c(F)cccc3F)[nH]c2c1. The van der Waals surface area contributed by atoms with E-state index in [1.54, 1.807) is 36.4 Å². The normalized spacial score (nSPS) is 12.1. The average molecular weight is 425 g/mol. The number of imidazole rings is 1. The Bertz CT molecular complexity index is 1360. The van der Waals surface area contributed by atoms with Crippen molar-refractivity contribution in [3.8, 4) is 11.1 Å². The molecule has 0 bridgehead atoms. The van der Waals surface area contributed by atoms with Gasteiger partial charge in [-0.05, 0) is 55.1 Å². The molecule has 2 N–H and O–H groups in total. The molecular formula is C22H17F2N3O2S. The van der Waals surface area contributed by atoms with E-state index in [0.717, 1.165) is 0 Å². The van der Waals surface area contributed by atoms with Crippen molar-refractivity contribution in [3.63, 3.8) is 0 Å². The Kier molecular flexibility index (Phi) is 5.19. The van der Waals surface area contributed by atoms with Crippen LogP contribution in [-0.4, -0.2) is 25.4 Å². The Morgan fingerprint density at radius 1 is 0.967 bits per heavy atom. The van der Waals surface area contributed by atoms with Gasteiger partial charge in [0, 0.05) is 11.1 Å². The van der Waals surface area contributed by atoms with Crippen molar-refractivity contribution in [2.45, 2.75) is 4.90 Å². The maximum Gasteiger partial charge on any atom is 0.240 e. The van der Waals surface area contributed by atoms with Crippen molar-refractivity contribution in [1.29, 1.82) is 0 Å². The van der Waals surface area contributed by atoms with Crippen molar-refractivity contribution in [3.05, 3.63) is 83.7 Å². The number of nitrogens with one attached hydrogen (secondary N) is 2. The lowest BCUT2D eigenvalue weighted by molar-refractivity contribution is 0.578. The minimum absolute atomic E-state index is 0.148. The Morgan fingerprint density at radius 3 is 2.43 bits per heavy atom. The summed E-state index contributed by atoms with van der Waals surface area (Å²) in [6.45, 7) is 0. The van der Waals surface area contributed by atoms with Crippen molar-refractivity contribution >= 4 is 33.2 Å². The summed E-state index contributed by atoms with van der Waals surface area (Å²) >= 11 is 0. The number of benzene rings is 3. The number of H-pyrrole nitrogens is 1. The maximum atomic E-state index is 13.8. The molecule has 1 aromatic heterocycles. The van der Waals surface area contributed by atoms with Crippen LogP contribution in [0.25, 0.3) is 34.3 Å². The number of aromatic nitrogens is 2. The zero-order chi connectivity index (χ0) is 21.3. The fourth-order valence-corrected chi connectivity index (χ4v) is 4.11. The van der Waals surface area contributed by atoms with Crippen molar-refractivity contribution in [2.75, 3.05) is 7.05 Å². The summed E-state index contributed by atoms with van der Waals surface area (Å²) in [6.07, 6.45) is 2.80. The summed E-state index contributed by atoms with van der Waals surface area (Å²) in [6, 6.07) is 15.7. The predicted octanol–water partition coefficient (Wildman–Crippen LogP) is 4.59. The lowest BCUT2D eigenvalue weighted by Gasteiger charge is -2.09. The van der Waals surface area contributed by atoms with E-state index in [1.807, 2.05) is 0 Å². The van der Waals surface area contributed by atoms with E-state index in [9.17, 15) is 17.2 Å². The molecule has 0 aliphatic heterocycles. The molecule has 0 fully saturated rings. The minimum atomic E-state index is -3.63. The van der Waals surface area contributed by atoms with E-state index in [0.29, 0.717) is 28.0 Å². The third-order valence-corrected chi connectivity index (χ3v) is 6.14. The summed E-state index contributed by atoms with van der Waals surface area (Å²) in [5.74, 6) is -0.903. The number of aromatic amines is 1. The largest absolute Gasteiger partial charge is 0.338 e. The first-order chi connectivity index (χ1) is 14.4. The van der Waals surface area contributed by atoms with Crippen molar-refractivity contribution < 1.29 is 17.2 Å². The van der Waals surface area contributed by atoms with Crippen LogP contribution in [0.15, 0.2) is 65.6 Å². The number of nitrogens with zero attached hydrogens (tertiary/aromatic N) is 1. The second kappa shape index (κ2) is 7.81. The second-order valence-electron chi connectivity index (χ2n) is 6.53. The molecule has 0 unspecified atom stereocenters. The van der Waals surface area contributed by atoms with Crippen molar-refractivity contribution in [2.24, 2.45) is 0 Å². The van der Waals surface area contributed by atoms with Gasteiger partial charge in [-0.25, -0.2) is 26.9 Å². The summed E-state index contributed by atoms with van der Waals surface area (Å²) in [5, 5.41) is 0. The number of rotatable bonds is 5. The van der Waals surface area contributed by atoms with Gasteiger partial charge in [-0.15, -0.1) is 0 Å². The number of hydrogen-bond donors (Lipinski definition) is 2. The summed E-state index contributed by atoms with van der Waals surface area (Å²) < 4.78 is 54.6. The van der Waals surface area contributed by atoms with Gasteiger partial charge in [0.05, 0.1) is 15.9 Å². The van der Waals surface area contributed by atoms with Gasteiger partial charge in [0.15, 0.2) is 0 Å². The monoisotopic (exact) mass is 425 g/mol. The van der Waals surface area contributed by atoms with Crippen molar-refractivity contribution in [1.82, 2.24) is 14.7 Å². The van der Waals surface area contributed by atoms with Crippen LogP contribution < -0.4 is 4.72 Å². The van der Waals surface area contributed by atoms with Gasteiger partial charge in [-0.1, -0.05) is 30.3 Å². The Morgan fingerprint density at radius 2 is 1.70 bits per heavy atom. The van der Waals surface area contributed by atoms with E-state index in [4.69, 9.17) is 0 Å². The molecule has 4 rings (SSSR count). The Hall–Kier alpha value is -3.36. The molecule has 0 aliphatic carbocycles. The summed E-state index contributed by atoms with van der Waals surface area (Å²) in [4.78, 5) is 7.64. The van der Waals surface area contributed by atoms with Crippen LogP contribution in [0.4, 0.5) is 8.78 Å². The predicted molar refractivity (Wildman–Crippen MR) is 113 cm³/mol. The molecule has 1 heterocycles. The van der Waals surface area contributed by atoms with Gasteiger partial charge in [0.2, 0.25) is 10.0 Å². The average Bonchev–Trinajstić information content (AvgIpc) is 3.15. The van der Waals surface area contributed by atoms with Crippen LogP contribution in [0.3, 0.4) is 0 Å². The number of sulfonamides is 1. The molecule has 30 heavy (non-hydrogen) atoms. The molecule has 0 amide bonds. The first-order valence-corrected chi connectivity index (χ1v) is 10.5. The van der Waals surface area contributed by atoms with E-state index in [1.165, 1.54) is 43.5 Å². The fraction of sp³-hybridized carbons (Fsp3) is 0.0455. The molecule has 5 nitrogen and oxygen atoms in total. The van der Waals surface area contributed by atoms with E-state index < -0.39 is 21.7 Å². The summed E-state index contributed by atoms with van der Waals surface area (Å²) in [5.41, 5.74) is 2.40. The molecule has 0 saturated carbocycles. The van der Waals surface area contributed by atoms with Crippen LogP contribution >= 0.6 is 0 Å². The van der Waals surface area contributed by atoms with Gasteiger partial charge in [-0.3, -0.25) is 0 Å². The quantitative estimate of drug-likeness (QED) is 0.491. The smallest absolute Gasteiger partial charge is 0.240 e. The fourth-order valence-electron chi connectivity index (χ4n) is 3.16. The Labute approximate surface area is 172 Å². The molecule has 0 aliphatic rings. The first kappa shape index (κ1) is 19.9. The number of halogens is 2. The van der Waals surface area contributed by atoms with Crippen LogP contribution in [-0.2, 0) is 10.0 Å². The third kappa shape index (κ3) is 3.74. The van der Waals surface area contributed by atoms with E-state index >= 15 is 0 Å². The molecule has 0 saturated heterocycles. The molecule has 152 valence electrons. The topological polar surface area (TPSA) is 74.8 Å². The molecule has 0 spiro atoms. The van der Waals surface area contributed by atoms with E-state index in [2.05, 4.69) is 14.7 Å². The van der Waals surface area contributed by atoms with Gasteiger partial charge in [0.1, 0.15) is 17.5 Å². The highest BCUT2D eigenvalue weighted by Crippen LogP contribution is 2.29. The Balaban J connectivity index is 1.74. The molecule has 4 aromatic rings. The highest BCUT2D eigenvalue weighted by atomic mass is 32.2. The third-order valence-electron chi connectivity index (χ3n) is 4.66. The molecule has 0 atom stereocenters. The van der Waals surface area contributed by atoms with Gasteiger partial charge >= 0.3 is 0 Å². The number of hydrogen-bond acceptors (Lipinski definition) is 3. The highest BCUT2D eigenvalue weighted by Gasteiger charge is 2.17. The first-order valence-electron chi connectivity index (χ1n) is 9.04. The highest BCUT2D eigenvalue weighted by molar-refractivity contribution is 7.89. The van der Waals surface area contributed by atoms with Crippen LogP contribution in [0.1, 0.15) is 11.4 Å². The van der Waals surface area contributed by atoms with Gasteiger partial charge in [0.25, 0.3) is 0 Å². The second-order valence-corrected chi connectivity index (χ2v) is 8.38. The minimum Gasteiger partial charge on any atom is -0.338 e. The van der Waals surface area contributed by atoms with Gasteiger partial charge in [-0.2, -0.15) is 0 Å². The lowest BCUT2D eigenvalue weighted by atomic mass is 10.1. The molecule has 8 heteroatoms.